The summed E-state index contributed by atoms with van der Waals surface area (Å²) in [5, 5.41) is 16.8. The van der Waals surface area contributed by atoms with Gasteiger partial charge in [0.05, 0.1) is 30.8 Å². The lowest BCUT2D eigenvalue weighted by molar-refractivity contribution is -0.157. The quantitative estimate of drug-likeness (QED) is 0.357. The highest BCUT2D eigenvalue weighted by Gasteiger charge is 2.51. The van der Waals surface area contributed by atoms with E-state index in [9.17, 15) is 19.5 Å². The number of nitrogens with one attached hydrogen (secondary N) is 1. The number of aromatic hydroxyl groups is 1. The van der Waals surface area contributed by atoms with E-state index in [0.29, 0.717) is 6.54 Å². The highest BCUT2D eigenvalue weighted by Crippen LogP contribution is 2.30. The fraction of sp³-hybridized carbons (Fsp3) is 0.250. The third-order valence-electron chi connectivity index (χ3n) is 7.91. The van der Waals surface area contributed by atoms with E-state index in [2.05, 4.69) is 5.32 Å². The summed E-state index contributed by atoms with van der Waals surface area (Å²) < 4.78 is 0. The number of hydrazine groups is 1. The molecule has 42 heavy (non-hydrogen) atoms. The molecule has 0 spiro atoms. The number of benzene rings is 3. The lowest BCUT2D eigenvalue weighted by atomic mass is 10.00. The standard InChI is InChI=1S/C32H32N6O4/c1-35(32(42)33-18-23-7-3-2-4-8-23)37-21-30(40)38-28(17-22-11-15-26(39)16-12-22)31(41)36(20-29(37)38)19-25-14-13-24-9-5-6-10-27(24)34-25/h2-16,28-29,39H,17-21H2,1H3,(H,33,42)/t28-,29+/m0/s1. The zero-order chi connectivity index (χ0) is 29.2. The number of hydrogen-bond acceptors (Lipinski definition) is 6. The Morgan fingerprint density at radius 1 is 0.952 bits per heavy atom. The number of phenols is 1. The Balaban J connectivity index is 1.26. The number of para-hydroxylation sites is 1. The predicted molar refractivity (Wildman–Crippen MR) is 157 cm³/mol. The monoisotopic (exact) mass is 564 g/mol. The van der Waals surface area contributed by atoms with Crippen molar-refractivity contribution in [1.82, 2.24) is 30.1 Å². The van der Waals surface area contributed by atoms with Crippen molar-refractivity contribution in [3.63, 3.8) is 0 Å². The van der Waals surface area contributed by atoms with Crippen molar-refractivity contribution in [1.29, 1.82) is 0 Å². The second kappa shape index (κ2) is 11.5. The molecule has 3 heterocycles. The van der Waals surface area contributed by atoms with E-state index in [-0.39, 0.29) is 49.7 Å². The lowest BCUT2D eigenvalue weighted by Gasteiger charge is -2.45. The molecule has 0 aliphatic carbocycles. The Labute approximate surface area is 243 Å². The highest BCUT2D eigenvalue weighted by atomic mass is 16.3. The molecule has 0 saturated carbocycles. The number of phenolic OH excluding ortho intramolecular Hbond substituents is 1. The van der Waals surface area contributed by atoms with Crippen LogP contribution < -0.4 is 5.32 Å². The summed E-state index contributed by atoms with van der Waals surface area (Å²) in [6, 6.07) is 26.8. The number of hydrogen-bond donors (Lipinski definition) is 2. The van der Waals surface area contributed by atoms with E-state index in [1.165, 1.54) is 5.01 Å². The van der Waals surface area contributed by atoms with Crippen LogP contribution >= 0.6 is 0 Å². The van der Waals surface area contributed by atoms with Crippen LogP contribution in [0.5, 0.6) is 5.75 Å². The summed E-state index contributed by atoms with van der Waals surface area (Å²) >= 11 is 0. The van der Waals surface area contributed by atoms with Crippen LogP contribution in [0.25, 0.3) is 10.9 Å². The van der Waals surface area contributed by atoms with Gasteiger partial charge in [0, 0.05) is 25.4 Å². The molecule has 2 fully saturated rings. The van der Waals surface area contributed by atoms with Gasteiger partial charge in [0.1, 0.15) is 18.0 Å². The third-order valence-corrected chi connectivity index (χ3v) is 7.91. The Morgan fingerprint density at radius 2 is 1.69 bits per heavy atom. The summed E-state index contributed by atoms with van der Waals surface area (Å²) in [6.45, 7) is 0.816. The van der Waals surface area contributed by atoms with Gasteiger partial charge in [0.2, 0.25) is 11.8 Å². The number of carbonyl (C=O) groups excluding carboxylic acids is 3. The van der Waals surface area contributed by atoms with Gasteiger partial charge in [-0.25, -0.2) is 4.79 Å². The van der Waals surface area contributed by atoms with E-state index in [4.69, 9.17) is 4.98 Å². The summed E-state index contributed by atoms with van der Waals surface area (Å²) in [6.07, 6.45) is -0.258. The minimum atomic E-state index is -0.771. The molecule has 3 aromatic carbocycles. The Morgan fingerprint density at radius 3 is 2.48 bits per heavy atom. The summed E-state index contributed by atoms with van der Waals surface area (Å²) in [5.74, 6) is -0.272. The van der Waals surface area contributed by atoms with Gasteiger partial charge < -0.3 is 20.2 Å². The molecule has 214 valence electrons. The van der Waals surface area contributed by atoms with Crippen LogP contribution in [0.2, 0.25) is 0 Å². The summed E-state index contributed by atoms with van der Waals surface area (Å²) in [5.41, 5.74) is 3.36. The van der Waals surface area contributed by atoms with E-state index in [1.54, 1.807) is 46.1 Å². The second-order valence-electron chi connectivity index (χ2n) is 10.6. The topological polar surface area (TPSA) is 109 Å². The van der Waals surface area contributed by atoms with Crippen LogP contribution in [0.4, 0.5) is 4.79 Å². The zero-order valence-corrected chi connectivity index (χ0v) is 23.3. The van der Waals surface area contributed by atoms with Gasteiger partial charge in [-0.05, 0) is 35.4 Å². The fourth-order valence-electron chi connectivity index (χ4n) is 5.70. The van der Waals surface area contributed by atoms with Gasteiger partial charge >= 0.3 is 6.03 Å². The normalized spacial score (nSPS) is 18.8. The number of amides is 4. The molecule has 2 aliphatic heterocycles. The molecule has 4 aromatic rings. The SMILES string of the molecule is CN(C(=O)NCc1ccccc1)N1CC(=O)N2[C@@H](Cc3ccc(O)cc3)C(=O)N(Cc3ccc4ccccc4n3)C[C@@H]21. The van der Waals surface area contributed by atoms with Crippen molar-refractivity contribution in [2.75, 3.05) is 20.1 Å². The number of fused-ring (bicyclic) bond motifs is 2. The number of urea groups is 1. The number of piperazine rings is 1. The zero-order valence-electron chi connectivity index (χ0n) is 23.3. The Hall–Kier alpha value is -4.96. The van der Waals surface area contributed by atoms with Crippen molar-refractivity contribution in [2.45, 2.75) is 31.7 Å². The average Bonchev–Trinajstić information content (AvgIpc) is 3.34. The lowest BCUT2D eigenvalue weighted by Crippen LogP contribution is -2.65. The van der Waals surface area contributed by atoms with Crippen molar-refractivity contribution in [2.24, 2.45) is 0 Å². The highest BCUT2D eigenvalue weighted by molar-refractivity contribution is 5.92. The molecule has 0 radical (unpaired) electrons. The van der Waals surface area contributed by atoms with E-state index in [1.807, 2.05) is 66.7 Å². The molecule has 10 heteroatoms. The summed E-state index contributed by atoms with van der Waals surface area (Å²) in [7, 11) is 1.64. The molecule has 2 atom stereocenters. The fourth-order valence-corrected chi connectivity index (χ4v) is 5.70. The summed E-state index contributed by atoms with van der Waals surface area (Å²) in [4.78, 5) is 48.7. The van der Waals surface area contributed by atoms with Crippen LogP contribution in [0, 0.1) is 0 Å². The van der Waals surface area contributed by atoms with Crippen LogP contribution in [0.1, 0.15) is 16.8 Å². The first kappa shape index (κ1) is 27.2. The molecular formula is C32H32N6O4. The van der Waals surface area contributed by atoms with Crippen LogP contribution in [-0.4, -0.2) is 80.1 Å². The molecule has 2 N–H and O–H groups in total. The maximum atomic E-state index is 14.0. The van der Waals surface area contributed by atoms with Gasteiger partial charge in [-0.2, -0.15) is 5.01 Å². The van der Waals surface area contributed by atoms with Crippen LogP contribution in [-0.2, 0) is 29.1 Å². The van der Waals surface area contributed by atoms with Crippen molar-refractivity contribution in [3.8, 4) is 5.75 Å². The molecule has 2 aliphatic rings. The van der Waals surface area contributed by atoms with Crippen molar-refractivity contribution in [3.05, 3.63) is 108 Å². The Kier molecular flexibility index (Phi) is 7.45. The number of rotatable bonds is 7. The Bertz CT molecular complexity index is 1610. The van der Waals surface area contributed by atoms with Gasteiger partial charge in [-0.15, -0.1) is 0 Å². The van der Waals surface area contributed by atoms with Gasteiger partial charge in [0.25, 0.3) is 0 Å². The molecule has 1 aromatic heterocycles. The first-order chi connectivity index (χ1) is 20.4. The van der Waals surface area contributed by atoms with Crippen molar-refractivity contribution >= 4 is 28.7 Å². The smallest absolute Gasteiger partial charge is 0.332 e. The second-order valence-corrected chi connectivity index (χ2v) is 10.6. The molecule has 2 saturated heterocycles. The largest absolute Gasteiger partial charge is 0.508 e. The molecule has 10 nitrogen and oxygen atoms in total. The number of pyridine rings is 1. The number of nitrogens with zero attached hydrogens (tertiary/aromatic N) is 5. The van der Waals surface area contributed by atoms with Crippen LogP contribution in [0.15, 0.2) is 91.0 Å². The minimum Gasteiger partial charge on any atom is -0.508 e. The predicted octanol–water partition coefficient (Wildman–Crippen LogP) is 3.12. The molecule has 0 unspecified atom stereocenters. The van der Waals surface area contributed by atoms with Gasteiger partial charge in [-0.3, -0.25) is 19.6 Å². The molecule has 6 rings (SSSR count). The maximum Gasteiger partial charge on any atom is 0.332 e. The number of aromatic nitrogens is 1. The third kappa shape index (κ3) is 5.48. The molecular weight excluding hydrogens is 532 g/mol. The first-order valence-electron chi connectivity index (χ1n) is 13.9. The maximum absolute atomic E-state index is 14.0. The van der Waals surface area contributed by atoms with E-state index < -0.39 is 12.2 Å². The first-order valence-corrected chi connectivity index (χ1v) is 13.9. The van der Waals surface area contributed by atoms with Crippen LogP contribution in [0.3, 0.4) is 0 Å². The number of carbonyl (C=O) groups is 3. The van der Waals surface area contributed by atoms with E-state index in [0.717, 1.165) is 27.7 Å². The average molecular weight is 565 g/mol. The van der Waals surface area contributed by atoms with Gasteiger partial charge in [0.15, 0.2) is 0 Å². The van der Waals surface area contributed by atoms with Crippen molar-refractivity contribution < 1.29 is 19.5 Å². The van der Waals surface area contributed by atoms with Gasteiger partial charge in [-0.1, -0.05) is 66.7 Å². The minimum absolute atomic E-state index is 0.0264. The van der Waals surface area contributed by atoms with E-state index >= 15 is 0 Å². The molecule has 0 bridgehead atoms. The molecule has 4 amide bonds.